The number of benzene rings is 1. The molecule has 0 radical (unpaired) electrons. The van der Waals surface area contributed by atoms with Crippen molar-refractivity contribution >= 4 is 11.0 Å². The molecule has 1 aromatic heterocycles. The average molecular weight is 194 g/mol. The molecule has 0 spiro atoms. The number of fused-ring (bicyclic) bond motifs is 1. The largest absolute Gasteiger partial charge is 0.243 e. The molecule has 1 heterocycles. The minimum Gasteiger partial charge on any atom is -0.243 e. The van der Waals surface area contributed by atoms with Gasteiger partial charge in [-0.3, -0.25) is 0 Å². The van der Waals surface area contributed by atoms with Crippen LogP contribution in [0.3, 0.4) is 0 Å². The van der Waals surface area contributed by atoms with Crippen molar-refractivity contribution in [2.45, 2.75) is 26.2 Å². The lowest BCUT2D eigenvalue weighted by Crippen LogP contribution is -2.11. The summed E-state index contributed by atoms with van der Waals surface area (Å²) < 4.78 is 17.9. The number of halogens is 1. The van der Waals surface area contributed by atoms with E-state index in [1.165, 1.54) is 6.07 Å². The molecule has 3 nitrogen and oxygen atoms in total. The van der Waals surface area contributed by atoms with Gasteiger partial charge < -0.3 is 0 Å². The fraction of sp³-hybridized carbons (Fsp3) is 0.400. The summed E-state index contributed by atoms with van der Waals surface area (Å²) in [6.07, 6.45) is 0. The van der Waals surface area contributed by atoms with Crippen LogP contribution in [0.4, 0.5) is 4.39 Å². The van der Waals surface area contributed by atoms with Crippen molar-refractivity contribution in [3.8, 4) is 0 Å². The Bertz CT molecular complexity index is 470. The first kappa shape index (κ1) is 9.12. The summed E-state index contributed by atoms with van der Waals surface area (Å²) in [6.45, 7) is 6.04. The zero-order chi connectivity index (χ0) is 10.3. The summed E-state index contributed by atoms with van der Waals surface area (Å²) in [4.78, 5) is 0. The molecule has 2 aromatic rings. The van der Waals surface area contributed by atoms with E-state index >= 15 is 0 Å². The maximum Gasteiger partial charge on any atom is 0.170 e. The Morgan fingerprint density at radius 1 is 1.21 bits per heavy atom. The Balaban J connectivity index is 2.70. The molecule has 14 heavy (non-hydrogen) atoms. The smallest absolute Gasteiger partial charge is 0.170 e. The summed E-state index contributed by atoms with van der Waals surface area (Å²) in [5.41, 5.74) is 1.44. The third kappa shape index (κ3) is 1.36. The lowest BCUT2D eigenvalue weighted by molar-refractivity contribution is 0.314. The van der Waals surface area contributed by atoms with Crippen LogP contribution in [0.5, 0.6) is 0 Å². The maximum atomic E-state index is 13.4. The van der Waals surface area contributed by atoms with Crippen LogP contribution < -0.4 is 0 Å². The highest BCUT2D eigenvalue weighted by Gasteiger charge is 2.18. The van der Waals surface area contributed by atoms with Crippen LogP contribution in [-0.2, 0) is 5.41 Å². The Morgan fingerprint density at radius 2 is 1.93 bits per heavy atom. The molecular weight excluding hydrogens is 183 g/mol. The molecule has 0 fully saturated rings. The SMILES string of the molecule is CC(C)(C)c1cc(F)c2nonc2c1. The van der Waals surface area contributed by atoms with Crippen molar-refractivity contribution in [3.63, 3.8) is 0 Å². The highest BCUT2D eigenvalue weighted by Crippen LogP contribution is 2.26. The Kier molecular flexibility index (Phi) is 1.80. The van der Waals surface area contributed by atoms with Gasteiger partial charge in [0.1, 0.15) is 5.52 Å². The van der Waals surface area contributed by atoms with Crippen molar-refractivity contribution in [3.05, 3.63) is 23.5 Å². The first-order chi connectivity index (χ1) is 6.48. The third-order valence-electron chi connectivity index (χ3n) is 2.18. The van der Waals surface area contributed by atoms with Crippen LogP contribution in [-0.4, -0.2) is 10.3 Å². The van der Waals surface area contributed by atoms with Gasteiger partial charge in [-0.25, -0.2) is 9.02 Å². The van der Waals surface area contributed by atoms with Gasteiger partial charge in [0.05, 0.1) is 0 Å². The van der Waals surface area contributed by atoms with Crippen molar-refractivity contribution in [1.29, 1.82) is 0 Å². The minimum absolute atomic E-state index is 0.103. The quantitative estimate of drug-likeness (QED) is 0.647. The molecule has 0 saturated heterocycles. The molecule has 4 heteroatoms. The summed E-state index contributed by atoms with van der Waals surface area (Å²) in [7, 11) is 0. The molecular formula is C10H11FN2O. The van der Waals surface area contributed by atoms with Crippen LogP contribution in [0, 0.1) is 5.82 Å². The molecule has 1 aromatic carbocycles. The molecule has 0 amide bonds. The number of hydrogen-bond donors (Lipinski definition) is 0. The number of nitrogens with zero attached hydrogens (tertiary/aromatic N) is 2. The highest BCUT2D eigenvalue weighted by atomic mass is 19.1. The van der Waals surface area contributed by atoms with Crippen molar-refractivity contribution in [2.75, 3.05) is 0 Å². The van der Waals surface area contributed by atoms with E-state index in [4.69, 9.17) is 0 Å². The summed E-state index contributed by atoms with van der Waals surface area (Å²) >= 11 is 0. The van der Waals surface area contributed by atoms with Gasteiger partial charge in [-0.2, -0.15) is 0 Å². The number of rotatable bonds is 0. The fourth-order valence-electron chi connectivity index (χ4n) is 1.28. The van der Waals surface area contributed by atoms with E-state index in [0.717, 1.165) is 5.56 Å². The van der Waals surface area contributed by atoms with E-state index in [1.54, 1.807) is 6.07 Å². The molecule has 0 atom stereocenters. The molecule has 74 valence electrons. The van der Waals surface area contributed by atoms with Gasteiger partial charge in [-0.05, 0) is 33.4 Å². The number of hydrogen-bond acceptors (Lipinski definition) is 3. The van der Waals surface area contributed by atoms with Gasteiger partial charge in [-0.1, -0.05) is 20.8 Å². The molecule has 0 unspecified atom stereocenters. The van der Waals surface area contributed by atoms with E-state index in [-0.39, 0.29) is 16.7 Å². The lowest BCUT2D eigenvalue weighted by Gasteiger charge is -2.18. The van der Waals surface area contributed by atoms with Crippen molar-refractivity contribution in [1.82, 2.24) is 10.3 Å². The van der Waals surface area contributed by atoms with E-state index < -0.39 is 0 Å². The monoisotopic (exact) mass is 194 g/mol. The van der Waals surface area contributed by atoms with E-state index in [1.807, 2.05) is 20.8 Å². The molecule has 0 N–H and O–H groups in total. The zero-order valence-corrected chi connectivity index (χ0v) is 8.34. The Morgan fingerprint density at radius 3 is 2.57 bits per heavy atom. The lowest BCUT2D eigenvalue weighted by atomic mass is 9.87. The fourth-order valence-corrected chi connectivity index (χ4v) is 1.28. The zero-order valence-electron chi connectivity index (χ0n) is 8.34. The van der Waals surface area contributed by atoms with E-state index in [2.05, 4.69) is 14.9 Å². The van der Waals surface area contributed by atoms with Crippen molar-refractivity contribution in [2.24, 2.45) is 0 Å². The average Bonchev–Trinajstić information content (AvgIpc) is 2.50. The second kappa shape index (κ2) is 2.77. The van der Waals surface area contributed by atoms with E-state index in [9.17, 15) is 4.39 Å². The van der Waals surface area contributed by atoms with Gasteiger partial charge in [-0.15, -0.1) is 0 Å². The normalized spacial score (nSPS) is 12.3. The first-order valence-electron chi connectivity index (χ1n) is 4.41. The van der Waals surface area contributed by atoms with Gasteiger partial charge in [0.2, 0.25) is 0 Å². The summed E-state index contributed by atoms with van der Waals surface area (Å²) in [5, 5.41) is 7.11. The molecule has 2 rings (SSSR count). The number of aromatic nitrogens is 2. The Labute approximate surface area is 80.9 Å². The molecule has 0 aliphatic rings. The van der Waals surface area contributed by atoms with E-state index in [0.29, 0.717) is 5.52 Å². The first-order valence-corrected chi connectivity index (χ1v) is 4.41. The summed E-state index contributed by atoms with van der Waals surface area (Å²) in [6, 6.07) is 3.28. The van der Waals surface area contributed by atoms with Gasteiger partial charge >= 0.3 is 0 Å². The minimum atomic E-state index is -0.381. The van der Waals surface area contributed by atoms with Crippen molar-refractivity contribution < 1.29 is 9.02 Å². The second-order valence-electron chi connectivity index (χ2n) is 4.34. The predicted octanol–water partition coefficient (Wildman–Crippen LogP) is 2.66. The van der Waals surface area contributed by atoms with Crippen LogP contribution in [0.1, 0.15) is 26.3 Å². The Hall–Kier alpha value is -1.45. The van der Waals surface area contributed by atoms with Gasteiger partial charge in [0, 0.05) is 0 Å². The van der Waals surface area contributed by atoms with Crippen LogP contribution in [0.25, 0.3) is 11.0 Å². The second-order valence-corrected chi connectivity index (χ2v) is 4.34. The van der Waals surface area contributed by atoms with Crippen LogP contribution in [0.15, 0.2) is 16.8 Å². The molecule has 0 bridgehead atoms. The maximum absolute atomic E-state index is 13.4. The van der Waals surface area contributed by atoms with Crippen LogP contribution >= 0.6 is 0 Å². The van der Waals surface area contributed by atoms with Gasteiger partial charge in [0.15, 0.2) is 11.3 Å². The molecule has 0 aliphatic heterocycles. The highest BCUT2D eigenvalue weighted by molar-refractivity contribution is 5.74. The molecule has 0 aliphatic carbocycles. The predicted molar refractivity (Wildman–Crippen MR) is 50.5 cm³/mol. The van der Waals surface area contributed by atoms with Crippen LogP contribution in [0.2, 0.25) is 0 Å². The third-order valence-corrected chi connectivity index (χ3v) is 2.18. The topological polar surface area (TPSA) is 38.9 Å². The summed E-state index contributed by atoms with van der Waals surface area (Å²) in [5.74, 6) is -0.381. The molecule has 0 saturated carbocycles. The van der Waals surface area contributed by atoms with Gasteiger partial charge in [0.25, 0.3) is 0 Å². The standard InChI is InChI=1S/C10H11FN2O/c1-10(2,3)6-4-7(11)9-8(5-6)12-14-13-9/h4-5H,1-3H3.